The molecular weight excluding hydrogens is 527 g/mol. The Kier molecular flexibility index (Phi) is 6.56. The number of fused-ring (bicyclic) bond motifs is 1. The van der Waals surface area contributed by atoms with Gasteiger partial charge in [0.2, 0.25) is 0 Å². The van der Waals surface area contributed by atoms with Gasteiger partial charge < -0.3 is 15.3 Å². The van der Waals surface area contributed by atoms with Gasteiger partial charge in [-0.1, -0.05) is 37.6 Å². The standard InChI is InChI=1S/C27H28ClFN6O2S/c1-14(2)35-15(3)10-18(33-35)22-16(29)11-20(36)24-23(22)27(4,5)13-34(24)19-9-7-6-8-17(19)30-26(37)32-21-12-38-25(28)31-21/h6-12,14,36H,13H2,1-5H3,(H2,30,32,37). The summed E-state index contributed by atoms with van der Waals surface area (Å²) in [6.07, 6.45) is 0. The van der Waals surface area contributed by atoms with E-state index in [2.05, 4.69) is 15.6 Å². The molecule has 0 bridgehead atoms. The quantitative estimate of drug-likeness (QED) is 0.238. The van der Waals surface area contributed by atoms with Gasteiger partial charge in [-0.3, -0.25) is 10.00 Å². The molecule has 0 saturated heterocycles. The van der Waals surface area contributed by atoms with E-state index in [-0.39, 0.29) is 11.8 Å². The van der Waals surface area contributed by atoms with Gasteiger partial charge in [-0.25, -0.2) is 14.2 Å². The first-order valence-electron chi connectivity index (χ1n) is 12.1. The third-order valence-electron chi connectivity index (χ3n) is 6.56. The van der Waals surface area contributed by atoms with Crippen molar-refractivity contribution in [1.29, 1.82) is 0 Å². The summed E-state index contributed by atoms with van der Waals surface area (Å²) in [5, 5.41) is 22.9. The molecule has 0 fully saturated rings. The lowest BCUT2D eigenvalue weighted by Crippen LogP contribution is -2.27. The molecule has 4 aromatic rings. The van der Waals surface area contributed by atoms with Crippen molar-refractivity contribution in [3.63, 3.8) is 0 Å². The molecule has 0 radical (unpaired) electrons. The van der Waals surface area contributed by atoms with E-state index in [4.69, 9.17) is 16.7 Å². The zero-order chi connectivity index (χ0) is 27.4. The normalized spacial score (nSPS) is 14.2. The monoisotopic (exact) mass is 554 g/mol. The lowest BCUT2D eigenvalue weighted by Gasteiger charge is -2.25. The van der Waals surface area contributed by atoms with Crippen molar-refractivity contribution in [3.05, 3.63) is 63.3 Å². The van der Waals surface area contributed by atoms with E-state index in [1.165, 1.54) is 11.3 Å². The third kappa shape index (κ3) is 4.58. The molecule has 2 aromatic carbocycles. The van der Waals surface area contributed by atoms with E-state index < -0.39 is 17.3 Å². The van der Waals surface area contributed by atoms with Gasteiger partial charge in [0.05, 0.1) is 22.8 Å². The number of amides is 2. The maximum absolute atomic E-state index is 15.6. The van der Waals surface area contributed by atoms with Crippen molar-refractivity contribution in [2.75, 3.05) is 22.1 Å². The zero-order valence-electron chi connectivity index (χ0n) is 21.6. The van der Waals surface area contributed by atoms with Crippen LogP contribution in [-0.2, 0) is 5.41 Å². The maximum Gasteiger partial charge on any atom is 0.324 e. The number of carbonyl (C=O) groups is 1. The smallest absolute Gasteiger partial charge is 0.324 e. The lowest BCUT2D eigenvalue weighted by atomic mass is 9.82. The number of halogens is 2. The van der Waals surface area contributed by atoms with Crippen molar-refractivity contribution < 1.29 is 14.3 Å². The Labute approximate surface area is 229 Å². The predicted molar refractivity (Wildman–Crippen MR) is 151 cm³/mol. The second-order valence-electron chi connectivity index (χ2n) is 10.2. The van der Waals surface area contributed by atoms with Gasteiger partial charge in [0.1, 0.15) is 17.4 Å². The summed E-state index contributed by atoms with van der Waals surface area (Å²) >= 11 is 7.08. The predicted octanol–water partition coefficient (Wildman–Crippen LogP) is 7.47. The van der Waals surface area contributed by atoms with Gasteiger partial charge in [-0.05, 0) is 44.5 Å². The molecule has 0 saturated carbocycles. The number of nitrogens with zero attached hydrogens (tertiary/aromatic N) is 4. The summed E-state index contributed by atoms with van der Waals surface area (Å²) in [5.41, 5.74) is 3.59. The number of rotatable bonds is 5. The van der Waals surface area contributed by atoms with Gasteiger partial charge in [0, 0.05) is 40.7 Å². The molecule has 3 heterocycles. The summed E-state index contributed by atoms with van der Waals surface area (Å²) in [6, 6.07) is 9.91. The van der Waals surface area contributed by atoms with Gasteiger partial charge in [-0.15, -0.1) is 11.3 Å². The Bertz CT molecular complexity index is 1550. The van der Waals surface area contributed by atoms with Crippen molar-refractivity contribution in [2.45, 2.75) is 46.1 Å². The maximum atomic E-state index is 15.6. The number of hydrogen-bond donors (Lipinski definition) is 3. The number of hydrogen-bond acceptors (Lipinski definition) is 6. The van der Waals surface area contributed by atoms with Crippen molar-refractivity contribution in [2.24, 2.45) is 0 Å². The molecule has 11 heteroatoms. The Morgan fingerprint density at radius 2 is 1.97 bits per heavy atom. The first-order valence-corrected chi connectivity index (χ1v) is 13.4. The van der Waals surface area contributed by atoms with E-state index in [1.807, 2.05) is 62.4 Å². The summed E-state index contributed by atoms with van der Waals surface area (Å²) in [5.74, 6) is -0.364. The van der Waals surface area contributed by atoms with Crippen LogP contribution in [0.4, 0.5) is 32.1 Å². The summed E-state index contributed by atoms with van der Waals surface area (Å²) in [4.78, 5) is 18.7. The number of para-hydroxylation sites is 2. The first-order chi connectivity index (χ1) is 18.0. The number of thiazole rings is 1. The molecule has 2 amide bonds. The van der Waals surface area contributed by atoms with Crippen LogP contribution in [0.2, 0.25) is 4.47 Å². The summed E-state index contributed by atoms with van der Waals surface area (Å²) < 4.78 is 17.7. The van der Waals surface area contributed by atoms with E-state index in [0.29, 0.717) is 50.7 Å². The van der Waals surface area contributed by atoms with Gasteiger partial charge in [0.15, 0.2) is 4.47 Å². The van der Waals surface area contributed by atoms with E-state index in [0.717, 1.165) is 11.8 Å². The third-order valence-corrected chi connectivity index (χ3v) is 7.54. The van der Waals surface area contributed by atoms with Crippen molar-refractivity contribution >= 4 is 51.8 Å². The molecule has 1 aliphatic heterocycles. The average molecular weight is 555 g/mol. The minimum Gasteiger partial charge on any atom is -0.506 e. The molecule has 0 spiro atoms. The fraction of sp³-hybridized carbons (Fsp3) is 0.296. The molecule has 38 heavy (non-hydrogen) atoms. The number of aromatic hydroxyl groups is 1. The average Bonchev–Trinajstić information content (AvgIpc) is 3.50. The second-order valence-corrected chi connectivity index (χ2v) is 11.7. The highest BCUT2D eigenvalue weighted by Crippen LogP contribution is 2.54. The Hall–Kier alpha value is -3.63. The van der Waals surface area contributed by atoms with E-state index in [9.17, 15) is 9.90 Å². The number of anilines is 4. The highest BCUT2D eigenvalue weighted by Gasteiger charge is 2.42. The van der Waals surface area contributed by atoms with Crippen LogP contribution in [0.3, 0.4) is 0 Å². The van der Waals surface area contributed by atoms with Gasteiger partial charge >= 0.3 is 6.03 Å². The van der Waals surface area contributed by atoms with Crippen molar-refractivity contribution in [3.8, 4) is 17.0 Å². The first kappa shape index (κ1) is 26.0. The fourth-order valence-corrected chi connectivity index (χ4v) is 5.79. The minimum atomic E-state index is -0.549. The van der Waals surface area contributed by atoms with Crippen LogP contribution in [-0.4, -0.2) is 32.4 Å². The zero-order valence-corrected chi connectivity index (χ0v) is 23.2. The summed E-state index contributed by atoms with van der Waals surface area (Å²) in [7, 11) is 0. The Balaban J connectivity index is 1.59. The molecule has 198 valence electrons. The highest BCUT2D eigenvalue weighted by molar-refractivity contribution is 7.14. The van der Waals surface area contributed by atoms with Crippen LogP contribution in [0.1, 0.15) is 45.0 Å². The molecule has 0 aliphatic carbocycles. The lowest BCUT2D eigenvalue weighted by molar-refractivity contribution is 0.262. The van der Waals surface area contributed by atoms with Crippen LogP contribution in [0.15, 0.2) is 41.8 Å². The molecule has 0 atom stereocenters. The number of aryl methyl sites for hydroxylation is 1. The number of nitrogens with one attached hydrogen (secondary N) is 2. The van der Waals surface area contributed by atoms with Crippen LogP contribution >= 0.6 is 22.9 Å². The molecule has 5 rings (SSSR count). The Morgan fingerprint density at radius 1 is 1.24 bits per heavy atom. The van der Waals surface area contributed by atoms with Crippen molar-refractivity contribution in [1.82, 2.24) is 14.8 Å². The van der Waals surface area contributed by atoms with Crippen LogP contribution in [0.5, 0.6) is 5.75 Å². The number of phenolic OH excluding ortho intramolecular Hbond substituents is 1. The Morgan fingerprint density at radius 3 is 2.63 bits per heavy atom. The highest BCUT2D eigenvalue weighted by atomic mass is 35.5. The SMILES string of the molecule is Cc1cc(-c2c(F)cc(O)c3c2C(C)(C)CN3c2ccccc2NC(=O)Nc2csc(Cl)n2)nn1C(C)C. The van der Waals surface area contributed by atoms with E-state index >= 15 is 4.39 Å². The number of urea groups is 1. The number of carbonyl (C=O) groups excluding carboxylic acids is 1. The second kappa shape index (κ2) is 9.59. The molecule has 0 unspecified atom stereocenters. The van der Waals surface area contributed by atoms with Crippen LogP contribution < -0.4 is 15.5 Å². The van der Waals surface area contributed by atoms with Crippen LogP contribution in [0, 0.1) is 12.7 Å². The molecule has 2 aromatic heterocycles. The number of phenols is 1. The van der Waals surface area contributed by atoms with Gasteiger partial charge in [-0.2, -0.15) is 5.10 Å². The minimum absolute atomic E-state index is 0.117. The molecule has 3 N–H and O–H groups in total. The molecule has 8 nitrogen and oxygen atoms in total. The van der Waals surface area contributed by atoms with E-state index in [1.54, 1.807) is 17.5 Å². The number of aromatic nitrogens is 3. The van der Waals surface area contributed by atoms with Crippen LogP contribution in [0.25, 0.3) is 11.3 Å². The topological polar surface area (TPSA) is 95.3 Å². The largest absolute Gasteiger partial charge is 0.506 e. The summed E-state index contributed by atoms with van der Waals surface area (Å²) in [6.45, 7) is 10.5. The number of benzene rings is 2. The fourth-order valence-electron chi connectivity index (χ4n) is 5.09. The molecule has 1 aliphatic rings. The van der Waals surface area contributed by atoms with Gasteiger partial charge in [0.25, 0.3) is 0 Å². The molecular formula is C27H28ClFN6O2S.